The van der Waals surface area contributed by atoms with Gasteiger partial charge < -0.3 is 19.8 Å². The van der Waals surface area contributed by atoms with Gasteiger partial charge in [-0.1, -0.05) is 20.8 Å². The Morgan fingerprint density at radius 2 is 1.73 bits per heavy atom. The molecular formula is C16H23NO5. The molecule has 122 valence electrons. The number of benzene rings is 1. The summed E-state index contributed by atoms with van der Waals surface area (Å²) < 4.78 is 5.57. The van der Waals surface area contributed by atoms with E-state index in [0.717, 1.165) is 0 Å². The van der Waals surface area contributed by atoms with Crippen molar-refractivity contribution in [3.8, 4) is 5.75 Å². The first-order valence-electron chi connectivity index (χ1n) is 7.22. The highest BCUT2D eigenvalue weighted by Gasteiger charge is 2.18. The van der Waals surface area contributed by atoms with Crippen LogP contribution in [-0.2, 0) is 9.59 Å². The summed E-state index contributed by atoms with van der Waals surface area (Å²) >= 11 is 0. The number of hydrogen-bond donors (Lipinski definition) is 2. The number of anilines is 1. The molecule has 1 atom stereocenters. The molecule has 6 nitrogen and oxygen atoms in total. The number of aliphatic carboxylic acids is 2. The highest BCUT2D eigenvalue weighted by Crippen LogP contribution is 2.21. The summed E-state index contributed by atoms with van der Waals surface area (Å²) in [7, 11) is 0. The fourth-order valence-electron chi connectivity index (χ4n) is 1.85. The van der Waals surface area contributed by atoms with Crippen molar-refractivity contribution in [3.05, 3.63) is 24.3 Å². The Labute approximate surface area is 130 Å². The smallest absolute Gasteiger partial charge is 0.323 e. The first kappa shape index (κ1) is 17.8. The Morgan fingerprint density at radius 1 is 1.14 bits per heavy atom. The average Bonchev–Trinajstić information content (AvgIpc) is 2.44. The maximum absolute atomic E-state index is 11.0. The van der Waals surface area contributed by atoms with Gasteiger partial charge in [0.15, 0.2) is 0 Å². The van der Waals surface area contributed by atoms with Crippen LogP contribution in [0.15, 0.2) is 24.3 Å². The monoisotopic (exact) mass is 309 g/mol. The van der Waals surface area contributed by atoms with Crippen LogP contribution in [0.25, 0.3) is 0 Å². The van der Waals surface area contributed by atoms with Crippen molar-refractivity contribution in [2.24, 2.45) is 11.8 Å². The Kier molecular flexibility index (Phi) is 6.69. The SMILES string of the molecule is CC(C)COc1ccc(N(CC(=O)O)CC(C)C(=O)O)cc1. The number of carboxylic acid groups (broad SMARTS) is 2. The summed E-state index contributed by atoms with van der Waals surface area (Å²) in [6.45, 7) is 6.15. The Bertz CT molecular complexity index is 498. The van der Waals surface area contributed by atoms with E-state index in [9.17, 15) is 9.59 Å². The van der Waals surface area contributed by atoms with E-state index in [1.807, 2.05) is 0 Å². The van der Waals surface area contributed by atoms with Gasteiger partial charge >= 0.3 is 11.9 Å². The molecule has 0 saturated carbocycles. The lowest BCUT2D eigenvalue weighted by atomic mass is 10.1. The minimum absolute atomic E-state index is 0.133. The predicted molar refractivity (Wildman–Crippen MR) is 83.4 cm³/mol. The summed E-state index contributed by atoms with van der Waals surface area (Å²) in [5.74, 6) is -1.49. The number of rotatable bonds is 9. The Balaban J connectivity index is 2.80. The molecule has 0 fully saturated rings. The average molecular weight is 309 g/mol. The van der Waals surface area contributed by atoms with Crippen LogP contribution >= 0.6 is 0 Å². The molecule has 0 radical (unpaired) electrons. The fraction of sp³-hybridized carbons (Fsp3) is 0.500. The van der Waals surface area contributed by atoms with Gasteiger partial charge in [-0.3, -0.25) is 9.59 Å². The molecule has 0 aliphatic heterocycles. The first-order chi connectivity index (χ1) is 10.3. The van der Waals surface area contributed by atoms with Gasteiger partial charge in [-0.15, -0.1) is 0 Å². The molecule has 0 heterocycles. The van der Waals surface area contributed by atoms with Crippen molar-refractivity contribution in [2.45, 2.75) is 20.8 Å². The molecule has 1 aromatic rings. The second-order valence-corrected chi connectivity index (χ2v) is 5.71. The Hall–Kier alpha value is -2.24. The quantitative estimate of drug-likeness (QED) is 0.728. The summed E-state index contributed by atoms with van der Waals surface area (Å²) in [6, 6.07) is 7.01. The largest absolute Gasteiger partial charge is 0.493 e. The highest BCUT2D eigenvalue weighted by atomic mass is 16.5. The lowest BCUT2D eigenvalue weighted by Gasteiger charge is -2.25. The highest BCUT2D eigenvalue weighted by molar-refractivity contribution is 5.75. The van der Waals surface area contributed by atoms with E-state index in [1.165, 1.54) is 4.90 Å². The van der Waals surface area contributed by atoms with Gasteiger partial charge in [-0.2, -0.15) is 0 Å². The van der Waals surface area contributed by atoms with E-state index in [4.69, 9.17) is 14.9 Å². The van der Waals surface area contributed by atoms with Gasteiger partial charge in [-0.25, -0.2) is 0 Å². The van der Waals surface area contributed by atoms with Crippen LogP contribution in [0.1, 0.15) is 20.8 Å². The van der Waals surface area contributed by atoms with Crippen LogP contribution in [0.5, 0.6) is 5.75 Å². The zero-order chi connectivity index (χ0) is 16.7. The summed E-state index contributed by atoms with van der Waals surface area (Å²) in [5.41, 5.74) is 0.660. The number of hydrogen-bond acceptors (Lipinski definition) is 4. The molecule has 0 bridgehead atoms. The topological polar surface area (TPSA) is 87.1 Å². The molecule has 6 heteroatoms. The Morgan fingerprint density at radius 3 is 2.18 bits per heavy atom. The molecule has 0 spiro atoms. The lowest BCUT2D eigenvalue weighted by molar-refractivity contribution is -0.141. The maximum Gasteiger partial charge on any atom is 0.323 e. The molecule has 0 aliphatic carbocycles. The van der Waals surface area contributed by atoms with Gasteiger partial charge in [0.25, 0.3) is 0 Å². The minimum Gasteiger partial charge on any atom is -0.493 e. The van der Waals surface area contributed by atoms with Crippen molar-refractivity contribution in [2.75, 3.05) is 24.6 Å². The molecule has 1 rings (SSSR count). The normalized spacial score (nSPS) is 12.0. The van der Waals surface area contributed by atoms with E-state index >= 15 is 0 Å². The molecular weight excluding hydrogens is 286 g/mol. The fourth-order valence-corrected chi connectivity index (χ4v) is 1.85. The van der Waals surface area contributed by atoms with Gasteiger partial charge in [-0.05, 0) is 30.2 Å². The van der Waals surface area contributed by atoms with Crippen LogP contribution in [0.3, 0.4) is 0 Å². The van der Waals surface area contributed by atoms with E-state index in [-0.39, 0.29) is 13.1 Å². The summed E-state index contributed by atoms with van der Waals surface area (Å²) in [6.07, 6.45) is 0. The van der Waals surface area contributed by atoms with Crippen LogP contribution in [0.4, 0.5) is 5.69 Å². The maximum atomic E-state index is 11.0. The molecule has 0 aliphatic rings. The summed E-state index contributed by atoms with van der Waals surface area (Å²) in [4.78, 5) is 23.5. The predicted octanol–water partition coefficient (Wildman–Crippen LogP) is 2.33. The third kappa shape index (κ3) is 6.03. The van der Waals surface area contributed by atoms with Crippen molar-refractivity contribution < 1.29 is 24.5 Å². The molecule has 22 heavy (non-hydrogen) atoms. The van der Waals surface area contributed by atoms with Gasteiger partial charge in [0.1, 0.15) is 12.3 Å². The van der Waals surface area contributed by atoms with Crippen LogP contribution in [-0.4, -0.2) is 41.8 Å². The third-order valence-electron chi connectivity index (χ3n) is 3.03. The van der Waals surface area contributed by atoms with Crippen LogP contribution < -0.4 is 9.64 Å². The first-order valence-corrected chi connectivity index (χ1v) is 7.22. The van der Waals surface area contributed by atoms with Crippen molar-refractivity contribution in [1.82, 2.24) is 0 Å². The number of ether oxygens (including phenoxy) is 1. The molecule has 0 amide bonds. The second-order valence-electron chi connectivity index (χ2n) is 5.71. The zero-order valence-electron chi connectivity index (χ0n) is 13.2. The second kappa shape index (κ2) is 8.26. The number of carbonyl (C=O) groups is 2. The molecule has 1 unspecified atom stereocenters. The lowest BCUT2D eigenvalue weighted by Crippen LogP contribution is -2.35. The number of nitrogens with zero attached hydrogens (tertiary/aromatic N) is 1. The summed E-state index contributed by atoms with van der Waals surface area (Å²) in [5, 5.41) is 18.0. The minimum atomic E-state index is -1.00. The van der Waals surface area contributed by atoms with Crippen LogP contribution in [0, 0.1) is 11.8 Å². The molecule has 0 aromatic heterocycles. The van der Waals surface area contributed by atoms with E-state index in [0.29, 0.717) is 24.0 Å². The van der Waals surface area contributed by atoms with E-state index < -0.39 is 17.9 Å². The standard InChI is InChI=1S/C16H23NO5/c1-11(2)10-22-14-6-4-13(5-7-14)17(9-15(18)19)8-12(3)16(20)21/h4-7,11-12H,8-10H2,1-3H3,(H,18,19)(H,20,21). The molecule has 2 N–H and O–H groups in total. The van der Waals surface area contributed by atoms with Crippen molar-refractivity contribution in [1.29, 1.82) is 0 Å². The van der Waals surface area contributed by atoms with E-state index in [1.54, 1.807) is 31.2 Å². The van der Waals surface area contributed by atoms with Crippen molar-refractivity contribution in [3.63, 3.8) is 0 Å². The van der Waals surface area contributed by atoms with Gasteiger partial charge in [0.05, 0.1) is 12.5 Å². The van der Waals surface area contributed by atoms with E-state index in [2.05, 4.69) is 13.8 Å². The molecule has 1 aromatic carbocycles. The van der Waals surface area contributed by atoms with Crippen LogP contribution in [0.2, 0.25) is 0 Å². The third-order valence-corrected chi connectivity index (χ3v) is 3.03. The van der Waals surface area contributed by atoms with Crippen molar-refractivity contribution >= 4 is 17.6 Å². The zero-order valence-corrected chi connectivity index (χ0v) is 13.2. The van der Waals surface area contributed by atoms with Gasteiger partial charge in [0.2, 0.25) is 0 Å². The number of carboxylic acids is 2. The van der Waals surface area contributed by atoms with Gasteiger partial charge in [0, 0.05) is 12.2 Å². The molecule has 0 saturated heterocycles.